The summed E-state index contributed by atoms with van der Waals surface area (Å²) in [5.74, 6) is 1.44. The smallest absolute Gasteiger partial charge is 0.0900 e. The molecule has 1 heterocycles. The van der Waals surface area contributed by atoms with Crippen LogP contribution >= 0.6 is 0 Å². The lowest BCUT2D eigenvalue weighted by molar-refractivity contribution is -0.0708. The van der Waals surface area contributed by atoms with Crippen LogP contribution in [0.2, 0.25) is 0 Å². The Morgan fingerprint density at radius 1 is 0.893 bits per heavy atom. The summed E-state index contributed by atoms with van der Waals surface area (Å²) < 4.78 is 22.4. The Kier molecular flexibility index (Phi) is 10.6. The summed E-state index contributed by atoms with van der Waals surface area (Å²) in [5.41, 5.74) is 0. The molecule has 0 aromatic rings. The molecular weight excluding hydrogens is 362 g/mol. The number of rotatable bonds is 17. The number of aliphatic hydroxyl groups is 2. The van der Waals surface area contributed by atoms with Crippen molar-refractivity contribution in [1.82, 2.24) is 4.90 Å². The van der Waals surface area contributed by atoms with Crippen LogP contribution in [0.4, 0.5) is 0 Å². The molecule has 1 aliphatic carbocycles. The lowest BCUT2D eigenvalue weighted by Crippen LogP contribution is -2.28. The molecule has 1 aliphatic heterocycles. The Morgan fingerprint density at radius 3 is 1.86 bits per heavy atom. The van der Waals surface area contributed by atoms with E-state index < -0.39 is 6.10 Å². The molecule has 0 radical (unpaired) electrons. The number of aliphatic hydroxyl groups excluding tert-OH is 2. The Hall–Kier alpha value is -0.280. The van der Waals surface area contributed by atoms with Gasteiger partial charge in [0.2, 0.25) is 0 Å². The van der Waals surface area contributed by atoms with Gasteiger partial charge in [0.25, 0.3) is 0 Å². The van der Waals surface area contributed by atoms with Crippen LogP contribution in [0, 0.1) is 11.8 Å². The highest BCUT2D eigenvalue weighted by Crippen LogP contribution is 2.41. The molecule has 2 rings (SSSR count). The van der Waals surface area contributed by atoms with E-state index in [4.69, 9.17) is 18.9 Å². The molecule has 7 heteroatoms. The number of nitrogens with zero attached hydrogens (tertiary/aromatic N) is 1. The van der Waals surface area contributed by atoms with Crippen molar-refractivity contribution < 1.29 is 29.2 Å². The van der Waals surface area contributed by atoms with Crippen molar-refractivity contribution >= 4 is 0 Å². The van der Waals surface area contributed by atoms with E-state index in [0.29, 0.717) is 58.1 Å². The Labute approximate surface area is 170 Å². The van der Waals surface area contributed by atoms with Crippen LogP contribution in [0.25, 0.3) is 0 Å². The molecule has 166 valence electrons. The first-order valence-corrected chi connectivity index (χ1v) is 10.8. The summed E-state index contributed by atoms with van der Waals surface area (Å²) in [4.78, 5) is 2.21. The predicted molar refractivity (Wildman–Crippen MR) is 107 cm³/mol. The van der Waals surface area contributed by atoms with Crippen LogP contribution in [-0.4, -0.2) is 98.3 Å². The van der Waals surface area contributed by atoms with Crippen molar-refractivity contribution in [1.29, 1.82) is 0 Å². The molecular formula is C21H41NO6. The summed E-state index contributed by atoms with van der Waals surface area (Å²) in [6.45, 7) is 12.7. The number of ether oxygens (including phenoxy) is 4. The average molecular weight is 404 g/mol. The summed E-state index contributed by atoms with van der Waals surface area (Å²) in [6, 6.07) is 0.598. The van der Waals surface area contributed by atoms with Gasteiger partial charge >= 0.3 is 0 Å². The minimum absolute atomic E-state index is 0.0304. The van der Waals surface area contributed by atoms with Crippen molar-refractivity contribution in [2.45, 2.75) is 71.0 Å². The van der Waals surface area contributed by atoms with Gasteiger partial charge in [0.05, 0.1) is 64.1 Å². The average Bonchev–Trinajstić information content (AvgIpc) is 3.51. The van der Waals surface area contributed by atoms with Gasteiger partial charge in [0.15, 0.2) is 0 Å². The van der Waals surface area contributed by atoms with Gasteiger partial charge in [-0.2, -0.15) is 0 Å². The van der Waals surface area contributed by atoms with Crippen molar-refractivity contribution in [3.63, 3.8) is 0 Å². The maximum absolute atomic E-state index is 9.91. The van der Waals surface area contributed by atoms with E-state index in [9.17, 15) is 10.2 Å². The van der Waals surface area contributed by atoms with Crippen molar-refractivity contribution in [3.05, 3.63) is 0 Å². The van der Waals surface area contributed by atoms with Gasteiger partial charge in [0, 0.05) is 19.1 Å². The molecule has 0 bridgehead atoms. The first-order valence-electron chi connectivity index (χ1n) is 10.8. The van der Waals surface area contributed by atoms with Gasteiger partial charge in [-0.05, 0) is 45.4 Å². The van der Waals surface area contributed by atoms with E-state index >= 15 is 0 Å². The lowest BCUT2D eigenvalue weighted by atomic mass is 10.1. The van der Waals surface area contributed by atoms with E-state index in [1.807, 2.05) is 13.8 Å². The van der Waals surface area contributed by atoms with Crippen LogP contribution in [0.1, 0.15) is 40.5 Å². The molecule has 28 heavy (non-hydrogen) atoms. The maximum Gasteiger partial charge on any atom is 0.0900 e. The van der Waals surface area contributed by atoms with E-state index in [1.54, 1.807) is 0 Å². The second-order valence-corrected chi connectivity index (χ2v) is 8.76. The standard InChI is InChI=1S/C21H41NO6/c1-15-7-19(15)8-20(23)13-25-11-17(3)27-5-6-28-18(4)12-26-14-21(24)10-22-9-16(22)2/h15-21,23-24H,5-14H2,1-4H3. The van der Waals surface area contributed by atoms with E-state index in [1.165, 1.54) is 6.42 Å². The highest BCUT2D eigenvalue weighted by Gasteiger charge is 2.34. The Balaban J connectivity index is 1.36. The minimum Gasteiger partial charge on any atom is -0.391 e. The van der Waals surface area contributed by atoms with Crippen molar-refractivity contribution in [2.75, 3.05) is 52.7 Å². The van der Waals surface area contributed by atoms with Gasteiger partial charge in [-0.1, -0.05) is 6.92 Å². The molecule has 2 aliphatic rings. The zero-order valence-electron chi connectivity index (χ0n) is 18.1. The quantitative estimate of drug-likeness (QED) is 0.280. The van der Waals surface area contributed by atoms with Gasteiger partial charge in [-0.25, -0.2) is 0 Å². The Morgan fingerprint density at radius 2 is 1.39 bits per heavy atom. The summed E-state index contributed by atoms with van der Waals surface area (Å²) in [6.07, 6.45) is 1.21. The molecule has 1 saturated heterocycles. The highest BCUT2D eigenvalue weighted by atomic mass is 16.6. The molecule has 8 atom stereocenters. The van der Waals surface area contributed by atoms with Crippen LogP contribution in [0.5, 0.6) is 0 Å². The van der Waals surface area contributed by atoms with Gasteiger partial charge < -0.3 is 29.2 Å². The van der Waals surface area contributed by atoms with E-state index in [-0.39, 0.29) is 18.3 Å². The molecule has 8 unspecified atom stereocenters. The SMILES string of the molecule is CC(COCC(O)CC1CC1C)OCCOC(C)COCC(O)CN1CC1C. The topological polar surface area (TPSA) is 80.4 Å². The van der Waals surface area contributed by atoms with Gasteiger partial charge in [-0.15, -0.1) is 0 Å². The summed E-state index contributed by atoms with van der Waals surface area (Å²) >= 11 is 0. The molecule has 0 spiro atoms. The molecule has 2 N–H and O–H groups in total. The number of β-amino-alcohol motifs (C(OH)–C–C–N with tert-alkyl or cyclic N) is 1. The third kappa shape index (κ3) is 10.5. The second kappa shape index (κ2) is 12.4. The first-order chi connectivity index (χ1) is 13.3. The van der Waals surface area contributed by atoms with Crippen molar-refractivity contribution in [2.24, 2.45) is 11.8 Å². The zero-order chi connectivity index (χ0) is 20.5. The van der Waals surface area contributed by atoms with Crippen LogP contribution < -0.4 is 0 Å². The Bertz CT molecular complexity index is 388. The summed E-state index contributed by atoms with van der Waals surface area (Å²) in [7, 11) is 0. The van der Waals surface area contributed by atoms with Gasteiger partial charge in [-0.3, -0.25) is 4.90 Å². The molecule has 7 nitrogen and oxygen atoms in total. The lowest BCUT2D eigenvalue weighted by Gasteiger charge is -2.18. The predicted octanol–water partition coefficient (Wildman–Crippen LogP) is 1.30. The largest absolute Gasteiger partial charge is 0.391 e. The second-order valence-electron chi connectivity index (χ2n) is 8.76. The fraction of sp³-hybridized carbons (Fsp3) is 1.00. The monoisotopic (exact) mass is 403 g/mol. The van der Waals surface area contributed by atoms with E-state index in [0.717, 1.165) is 18.9 Å². The van der Waals surface area contributed by atoms with Crippen LogP contribution in [0.15, 0.2) is 0 Å². The zero-order valence-corrected chi connectivity index (χ0v) is 18.1. The maximum atomic E-state index is 9.91. The number of hydrogen-bond donors (Lipinski definition) is 2. The fourth-order valence-electron chi connectivity index (χ4n) is 3.35. The molecule has 0 aromatic carbocycles. The normalized spacial score (nSPS) is 30.6. The highest BCUT2D eigenvalue weighted by molar-refractivity contribution is 4.86. The van der Waals surface area contributed by atoms with Crippen molar-refractivity contribution in [3.8, 4) is 0 Å². The van der Waals surface area contributed by atoms with Crippen LogP contribution in [0.3, 0.4) is 0 Å². The summed E-state index contributed by atoms with van der Waals surface area (Å²) in [5, 5.41) is 19.8. The molecule has 0 amide bonds. The molecule has 2 fully saturated rings. The van der Waals surface area contributed by atoms with Crippen LogP contribution in [-0.2, 0) is 18.9 Å². The third-order valence-electron chi connectivity index (χ3n) is 5.50. The number of hydrogen-bond acceptors (Lipinski definition) is 7. The minimum atomic E-state index is -0.437. The van der Waals surface area contributed by atoms with Gasteiger partial charge in [0.1, 0.15) is 0 Å². The van der Waals surface area contributed by atoms with E-state index in [2.05, 4.69) is 18.7 Å². The molecule has 0 aromatic heterocycles. The fourth-order valence-corrected chi connectivity index (χ4v) is 3.35. The third-order valence-corrected chi connectivity index (χ3v) is 5.50. The molecule has 1 saturated carbocycles. The first kappa shape index (κ1) is 24.0.